The summed E-state index contributed by atoms with van der Waals surface area (Å²) in [5.41, 5.74) is 0.991. The van der Waals surface area contributed by atoms with E-state index in [0.29, 0.717) is 22.3 Å². The van der Waals surface area contributed by atoms with Crippen LogP contribution in [0.15, 0.2) is 12.1 Å². The number of hydrogen-bond donors (Lipinski definition) is 2. The number of ether oxygens (including phenoxy) is 1. The molecule has 1 fully saturated rings. The highest BCUT2D eigenvalue weighted by Gasteiger charge is 2.11. The van der Waals surface area contributed by atoms with Crippen LogP contribution in [0.25, 0.3) is 0 Å². The highest BCUT2D eigenvalue weighted by Crippen LogP contribution is 2.31. The van der Waals surface area contributed by atoms with Crippen molar-refractivity contribution in [3.8, 4) is 5.75 Å². The number of nitrogens with one attached hydrogen (secondary N) is 2. The minimum absolute atomic E-state index is 0.555. The standard InChI is InChI=1S/C14H21Cl2N3O/c1-20-14-11(8-12(15)9-13(14)16)10-18-4-7-19-5-2-17-3-6-19/h8-9,17-18H,2-7,10H2,1H3. The summed E-state index contributed by atoms with van der Waals surface area (Å²) in [5, 5.41) is 7.96. The highest BCUT2D eigenvalue weighted by molar-refractivity contribution is 6.35. The zero-order valence-corrected chi connectivity index (χ0v) is 13.2. The zero-order valence-electron chi connectivity index (χ0n) is 11.7. The number of rotatable bonds is 6. The molecule has 2 N–H and O–H groups in total. The van der Waals surface area contributed by atoms with Crippen LogP contribution in [-0.2, 0) is 6.54 Å². The molecule has 1 aliphatic rings. The number of methoxy groups -OCH3 is 1. The van der Waals surface area contributed by atoms with Crippen LogP contribution in [0.5, 0.6) is 5.75 Å². The molecule has 0 atom stereocenters. The van der Waals surface area contributed by atoms with E-state index in [4.69, 9.17) is 27.9 Å². The quantitative estimate of drug-likeness (QED) is 0.787. The summed E-state index contributed by atoms with van der Waals surface area (Å²) in [5.74, 6) is 0.700. The number of benzene rings is 1. The maximum Gasteiger partial charge on any atom is 0.142 e. The Balaban J connectivity index is 1.81. The van der Waals surface area contributed by atoms with Gasteiger partial charge in [-0.3, -0.25) is 4.90 Å². The second-order valence-corrected chi connectivity index (χ2v) is 5.69. The number of nitrogens with zero attached hydrogens (tertiary/aromatic N) is 1. The van der Waals surface area contributed by atoms with Gasteiger partial charge in [0.2, 0.25) is 0 Å². The molecular weight excluding hydrogens is 297 g/mol. The van der Waals surface area contributed by atoms with Crippen molar-refractivity contribution in [2.24, 2.45) is 0 Å². The third-order valence-electron chi connectivity index (χ3n) is 3.42. The van der Waals surface area contributed by atoms with Crippen LogP contribution in [0.1, 0.15) is 5.56 Å². The Morgan fingerprint density at radius 2 is 2.05 bits per heavy atom. The van der Waals surface area contributed by atoms with Crippen LogP contribution in [0.2, 0.25) is 10.0 Å². The fourth-order valence-corrected chi connectivity index (χ4v) is 2.98. The van der Waals surface area contributed by atoms with Crippen LogP contribution in [0, 0.1) is 0 Å². The smallest absolute Gasteiger partial charge is 0.142 e. The van der Waals surface area contributed by atoms with Crippen molar-refractivity contribution in [3.63, 3.8) is 0 Å². The van der Waals surface area contributed by atoms with Gasteiger partial charge in [-0.15, -0.1) is 0 Å². The zero-order chi connectivity index (χ0) is 14.4. The third kappa shape index (κ3) is 4.50. The first kappa shape index (κ1) is 15.9. The molecule has 0 aliphatic carbocycles. The van der Waals surface area contributed by atoms with Crippen molar-refractivity contribution < 1.29 is 4.74 Å². The summed E-state index contributed by atoms with van der Waals surface area (Å²) >= 11 is 12.1. The largest absolute Gasteiger partial charge is 0.495 e. The SMILES string of the molecule is COc1c(Cl)cc(Cl)cc1CNCCN1CCNCC1. The molecule has 20 heavy (non-hydrogen) atoms. The second-order valence-electron chi connectivity index (χ2n) is 4.85. The Labute approximate surface area is 130 Å². The Kier molecular flexibility index (Phi) is 6.39. The van der Waals surface area contributed by atoms with Gasteiger partial charge < -0.3 is 15.4 Å². The fourth-order valence-electron chi connectivity index (χ4n) is 2.37. The monoisotopic (exact) mass is 317 g/mol. The van der Waals surface area contributed by atoms with Gasteiger partial charge in [-0.2, -0.15) is 0 Å². The van der Waals surface area contributed by atoms with Crippen LogP contribution >= 0.6 is 23.2 Å². The molecule has 1 saturated heterocycles. The predicted molar refractivity (Wildman–Crippen MR) is 84.0 cm³/mol. The average molecular weight is 318 g/mol. The van der Waals surface area contributed by atoms with Crippen LogP contribution in [0.4, 0.5) is 0 Å². The molecule has 1 aromatic carbocycles. The first-order valence-electron chi connectivity index (χ1n) is 6.86. The van der Waals surface area contributed by atoms with E-state index in [1.54, 1.807) is 13.2 Å². The van der Waals surface area contributed by atoms with Gasteiger partial charge in [0, 0.05) is 56.4 Å². The molecule has 2 rings (SSSR count). The molecular formula is C14H21Cl2N3O. The molecule has 0 radical (unpaired) electrons. The minimum Gasteiger partial charge on any atom is -0.495 e. The van der Waals surface area contributed by atoms with Crippen molar-refractivity contribution in [3.05, 3.63) is 27.7 Å². The first-order chi connectivity index (χ1) is 9.70. The van der Waals surface area contributed by atoms with E-state index in [2.05, 4.69) is 15.5 Å². The summed E-state index contributed by atoms with van der Waals surface area (Å²) in [6, 6.07) is 3.59. The molecule has 112 valence electrons. The molecule has 1 aliphatic heterocycles. The molecule has 4 nitrogen and oxygen atoms in total. The molecule has 0 unspecified atom stereocenters. The van der Waals surface area contributed by atoms with E-state index in [-0.39, 0.29) is 0 Å². The first-order valence-corrected chi connectivity index (χ1v) is 7.62. The molecule has 0 aromatic heterocycles. The van der Waals surface area contributed by atoms with Gasteiger partial charge in [0.15, 0.2) is 0 Å². The van der Waals surface area contributed by atoms with Gasteiger partial charge >= 0.3 is 0 Å². The third-order valence-corrected chi connectivity index (χ3v) is 3.92. The fraction of sp³-hybridized carbons (Fsp3) is 0.571. The van der Waals surface area contributed by atoms with Gasteiger partial charge in [-0.05, 0) is 12.1 Å². The van der Waals surface area contributed by atoms with Crippen LogP contribution in [-0.4, -0.2) is 51.3 Å². The summed E-state index contributed by atoms with van der Waals surface area (Å²) in [6.07, 6.45) is 0. The Hall–Kier alpha value is -0.520. The Morgan fingerprint density at radius 3 is 2.75 bits per heavy atom. The van der Waals surface area contributed by atoms with Crippen molar-refractivity contribution in [1.29, 1.82) is 0 Å². The summed E-state index contributed by atoms with van der Waals surface area (Å²) < 4.78 is 5.33. The summed E-state index contributed by atoms with van der Waals surface area (Å²) in [4.78, 5) is 2.45. The lowest BCUT2D eigenvalue weighted by molar-refractivity contribution is 0.241. The molecule has 6 heteroatoms. The minimum atomic E-state index is 0.555. The van der Waals surface area contributed by atoms with E-state index in [0.717, 1.165) is 44.8 Å². The number of halogens is 2. The van der Waals surface area contributed by atoms with Gasteiger partial charge in [-0.25, -0.2) is 0 Å². The predicted octanol–water partition coefficient (Wildman–Crippen LogP) is 2.00. The Morgan fingerprint density at radius 1 is 1.30 bits per heavy atom. The van der Waals surface area contributed by atoms with Crippen molar-refractivity contribution in [2.75, 3.05) is 46.4 Å². The molecule has 0 spiro atoms. The molecule has 1 aromatic rings. The van der Waals surface area contributed by atoms with Crippen molar-refractivity contribution in [1.82, 2.24) is 15.5 Å². The highest BCUT2D eigenvalue weighted by atomic mass is 35.5. The van der Waals surface area contributed by atoms with E-state index in [1.165, 1.54) is 0 Å². The topological polar surface area (TPSA) is 36.5 Å². The van der Waals surface area contributed by atoms with E-state index < -0.39 is 0 Å². The van der Waals surface area contributed by atoms with E-state index in [9.17, 15) is 0 Å². The second kappa shape index (κ2) is 8.05. The van der Waals surface area contributed by atoms with Crippen molar-refractivity contribution in [2.45, 2.75) is 6.54 Å². The maximum atomic E-state index is 6.12. The lowest BCUT2D eigenvalue weighted by atomic mass is 10.2. The molecule has 0 saturated carbocycles. The van der Waals surface area contributed by atoms with E-state index >= 15 is 0 Å². The maximum absolute atomic E-state index is 6.12. The molecule has 0 amide bonds. The van der Waals surface area contributed by atoms with Gasteiger partial charge in [-0.1, -0.05) is 23.2 Å². The normalized spacial score (nSPS) is 16.4. The van der Waals surface area contributed by atoms with Crippen LogP contribution < -0.4 is 15.4 Å². The van der Waals surface area contributed by atoms with Crippen LogP contribution in [0.3, 0.4) is 0 Å². The Bertz CT molecular complexity index is 437. The van der Waals surface area contributed by atoms with Gasteiger partial charge in [0.25, 0.3) is 0 Å². The van der Waals surface area contributed by atoms with E-state index in [1.807, 2.05) is 6.07 Å². The summed E-state index contributed by atoms with van der Waals surface area (Å²) in [6.45, 7) is 7.10. The average Bonchev–Trinajstić information content (AvgIpc) is 2.44. The molecule has 1 heterocycles. The molecule has 0 bridgehead atoms. The lowest BCUT2D eigenvalue weighted by Crippen LogP contribution is -2.45. The number of hydrogen-bond acceptors (Lipinski definition) is 4. The lowest BCUT2D eigenvalue weighted by Gasteiger charge is -2.27. The van der Waals surface area contributed by atoms with Gasteiger partial charge in [0.1, 0.15) is 5.75 Å². The summed E-state index contributed by atoms with van der Waals surface area (Å²) in [7, 11) is 1.62. The number of piperazine rings is 1. The van der Waals surface area contributed by atoms with Gasteiger partial charge in [0.05, 0.1) is 12.1 Å². The van der Waals surface area contributed by atoms with Crippen molar-refractivity contribution >= 4 is 23.2 Å².